The van der Waals surface area contributed by atoms with Crippen molar-refractivity contribution in [2.24, 2.45) is 0 Å². The summed E-state index contributed by atoms with van der Waals surface area (Å²) in [5.74, 6) is 0. The summed E-state index contributed by atoms with van der Waals surface area (Å²) in [6, 6.07) is 0.268. The standard InChI is InChI=1S/C10H21NO2/c1-2-8(12)6-7-11-9-4-3-5-10(9)13/h8-13H,2-7H2,1H3/t8?,9-,10-/m0/s1. The van der Waals surface area contributed by atoms with E-state index >= 15 is 0 Å². The highest BCUT2D eigenvalue weighted by Gasteiger charge is 2.24. The molecule has 0 saturated heterocycles. The number of hydrogen-bond acceptors (Lipinski definition) is 3. The van der Waals surface area contributed by atoms with Gasteiger partial charge in [-0.1, -0.05) is 6.92 Å². The molecule has 3 N–H and O–H groups in total. The highest BCUT2D eigenvalue weighted by molar-refractivity contribution is 4.82. The summed E-state index contributed by atoms with van der Waals surface area (Å²) >= 11 is 0. The van der Waals surface area contributed by atoms with Crippen LogP contribution in [0.5, 0.6) is 0 Å². The van der Waals surface area contributed by atoms with Crippen molar-refractivity contribution in [1.29, 1.82) is 0 Å². The smallest absolute Gasteiger partial charge is 0.0693 e. The molecular weight excluding hydrogens is 166 g/mol. The Morgan fingerprint density at radius 2 is 2.23 bits per heavy atom. The first-order valence-corrected chi connectivity index (χ1v) is 5.33. The van der Waals surface area contributed by atoms with Crippen molar-refractivity contribution in [2.75, 3.05) is 6.54 Å². The molecule has 1 rings (SSSR count). The molecule has 0 aromatic heterocycles. The van der Waals surface area contributed by atoms with E-state index in [1.165, 1.54) is 0 Å². The van der Waals surface area contributed by atoms with Crippen LogP contribution in [0, 0.1) is 0 Å². The van der Waals surface area contributed by atoms with Crippen molar-refractivity contribution in [2.45, 2.75) is 57.3 Å². The first-order valence-electron chi connectivity index (χ1n) is 5.33. The fraction of sp³-hybridized carbons (Fsp3) is 1.00. The van der Waals surface area contributed by atoms with Crippen LogP contribution < -0.4 is 5.32 Å². The van der Waals surface area contributed by atoms with Crippen LogP contribution in [-0.4, -0.2) is 35.0 Å². The second kappa shape index (κ2) is 5.58. The van der Waals surface area contributed by atoms with Crippen molar-refractivity contribution in [1.82, 2.24) is 5.32 Å². The van der Waals surface area contributed by atoms with E-state index in [0.717, 1.165) is 38.6 Å². The van der Waals surface area contributed by atoms with Crippen molar-refractivity contribution in [3.63, 3.8) is 0 Å². The minimum Gasteiger partial charge on any atom is -0.393 e. The number of nitrogens with one attached hydrogen (secondary N) is 1. The maximum absolute atomic E-state index is 9.49. The SMILES string of the molecule is CCC(O)CCN[C@H]1CCC[C@@H]1O. The second-order valence-corrected chi connectivity index (χ2v) is 3.91. The van der Waals surface area contributed by atoms with Gasteiger partial charge in [0.2, 0.25) is 0 Å². The first kappa shape index (κ1) is 11.0. The lowest BCUT2D eigenvalue weighted by Gasteiger charge is -2.17. The maximum atomic E-state index is 9.49. The van der Waals surface area contributed by atoms with Crippen LogP contribution in [0.4, 0.5) is 0 Å². The summed E-state index contributed by atoms with van der Waals surface area (Å²) in [6.07, 6.45) is 4.37. The summed E-state index contributed by atoms with van der Waals surface area (Å²) in [6.45, 7) is 2.80. The number of aliphatic hydroxyl groups excluding tert-OH is 2. The van der Waals surface area contributed by atoms with Gasteiger partial charge in [0.15, 0.2) is 0 Å². The third-order valence-electron chi connectivity index (χ3n) is 2.83. The van der Waals surface area contributed by atoms with E-state index in [1.54, 1.807) is 0 Å². The lowest BCUT2D eigenvalue weighted by molar-refractivity contribution is 0.135. The zero-order chi connectivity index (χ0) is 9.68. The normalized spacial score (nSPS) is 30.7. The van der Waals surface area contributed by atoms with E-state index in [2.05, 4.69) is 5.32 Å². The maximum Gasteiger partial charge on any atom is 0.0693 e. The lowest BCUT2D eigenvalue weighted by Crippen LogP contribution is -2.37. The van der Waals surface area contributed by atoms with Crippen LogP contribution in [0.3, 0.4) is 0 Å². The third kappa shape index (κ3) is 3.63. The first-order chi connectivity index (χ1) is 6.24. The minimum atomic E-state index is -0.189. The summed E-state index contributed by atoms with van der Waals surface area (Å²) in [5, 5.41) is 22.1. The summed E-state index contributed by atoms with van der Waals surface area (Å²) in [7, 11) is 0. The second-order valence-electron chi connectivity index (χ2n) is 3.91. The molecule has 0 aromatic rings. The molecule has 1 unspecified atom stereocenters. The van der Waals surface area contributed by atoms with Crippen molar-refractivity contribution >= 4 is 0 Å². The van der Waals surface area contributed by atoms with Gasteiger partial charge in [0.05, 0.1) is 12.2 Å². The number of aliphatic hydroxyl groups is 2. The zero-order valence-corrected chi connectivity index (χ0v) is 8.37. The molecule has 0 radical (unpaired) electrons. The molecule has 1 fully saturated rings. The van der Waals surface area contributed by atoms with Crippen molar-refractivity contribution < 1.29 is 10.2 Å². The molecule has 78 valence electrons. The molecule has 3 nitrogen and oxygen atoms in total. The molecule has 0 spiro atoms. The lowest BCUT2D eigenvalue weighted by atomic mass is 10.1. The summed E-state index contributed by atoms with van der Waals surface area (Å²) in [5.41, 5.74) is 0. The summed E-state index contributed by atoms with van der Waals surface area (Å²) in [4.78, 5) is 0. The fourth-order valence-corrected chi connectivity index (χ4v) is 1.82. The Hall–Kier alpha value is -0.120. The molecule has 1 aliphatic carbocycles. The Morgan fingerprint density at radius 3 is 2.77 bits per heavy atom. The fourth-order valence-electron chi connectivity index (χ4n) is 1.82. The topological polar surface area (TPSA) is 52.5 Å². The van der Waals surface area contributed by atoms with Gasteiger partial charge in [-0.05, 0) is 38.6 Å². The van der Waals surface area contributed by atoms with E-state index in [0.29, 0.717) is 0 Å². The van der Waals surface area contributed by atoms with E-state index < -0.39 is 0 Å². The number of rotatable bonds is 5. The third-order valence-corrected chi connectivity index (χ3v) is 2.83. The number of hydrogen-bond donors (Lipinski definition) is 3. The highest BCUT2D eigenvalue weighted by Crippen LogP contribution is 2.18. The molecule has 0 amide bonds. The van der Waals surface area contributed by atoms with Gasteiger partial charge in [0.25, 0.3) is 0 Å². The van der Waals surface area contributed by atoms with Crippen molar-refractivity contribution in [3.05, 3.63) is 0 Å². The van der Waals surface area contributed by atoms with Crippen LogP contribution >= 0.6 is 0 Å². The largest absolute Gasteiger partial charge is 0.393 e. The van der Waals surface area contributed by atoms with Gasteiger partial charge in [-0.25, -0.2) is 0 Å². The van der Waals surface area contributed by atoms with Gasteiger partial charge >= 0.3 is 0 Å². The zero-order valence-electron chi connectivity index (χ0n) is 8.37. The Balaban J connectivity index is 2.05. The van der Waals surface area contributed by atoms with Crippen LogP contribution in [0.25, 0.3) is 0 Å². The van der Waals surface area contributed by atoms with Gasteiger partial charge in [-0.3, -0.25) is 0 Å². The molecule has 3 heteroatoms. The molecule has 3 atom stereocenters. The predicted octanol–water partition coefficient (Wildman–Crippen LogP) is 0.650. The molecule has 0 aliphatic heterocycles. The minimum absolute atomic E-state index is 0.168. The predicted molar refractivity (Wildman–Crippen MR) is 52.6 cm³/mol. The van der Waals surface area contributed by atoms with E-state index in [1.807, 2.05) is 6.92 Å². The van der Waals surface area contributed by atoms with Gasteiger partial charge in [0, 0.05) is 6.04 Å². The van der Waals surface area contributed by atoms with Crippen LogP contribution in [0.1, 0.15) is 39.0 Å². The van der Waals surface area contributed by atoms with Crippen LogP contribution in [0.2, 0.25) is 0 Å². The Bertz CT molecular complexity index is 141. The Morgan fingerprint density at radius 1 is 1.46 bits per heavy atom. The van der Waals surface area contributed by atoms with E-state index in [-0.39, 0.29) is 18.2 Å². The van der Waals surface area contributed by atoms with E-state index in [4.69, 9.17) is 0 Å². The molecule has 0 bridgehead atoms. The van der Waals surface area contributed by atoms with Gasteiger partial charge in [-0.2, -0.15) is 0 Å². The van der Waals surface area contributed by atoms with Gasteiger partial charge < -0.3 is 15.5 Å². The molecule has 1 aliphatic rings. The molecular formula is C10H21NO2. The van der Waals surface area contributed by atoms with Crippen LogP contribution in [-0.2, 0) is 0 Å². The van der Waals surface area contributed by atoms with Gasteiger partial charge in [-0.15, -0.1) is 0 Å². The van der Waals surface area contributed by atoms with Crippen molar-refractivity contribution in [3.8, 4) is 0 Å². The Kier molecular flexibility index (Phi) is 4.70. The van der Waals surface area contributed by atoms with E-state index in [9.17, 15) is 10.2 Å². The average molecular weight is 187 g/mol. The quantitative estimate of drug-likeness (QED) is 0.592. The Labute approximate surface area is 80.2 Å². The summed E-state index contributed by atoms with van der Waals surface area (Å²) < 4.78 is 0. The molecule has 1 saturated carbocycles. The van der Waals surface area contributed by atoms with Gasteiger partial charge in [0.1, 0.15) is 0 Å². The monoisotopic (exact) mass is 187 g/mol. The average Bonchev–Trinajstić information content (AvgIpc) is 2.52. The molecule has 13 heavy (non-hydrogen) atoms. The molecule has 0 heterocycles. The van der Waals surface area contributed by atoms with Crippen LogP contribution in [0.15, 0.2) is 0 Å². The molecule has 0 aromatic carbocycles. The highest BCUT2D eigenvalue weighted by atomic mass is 16.3.